The normalized spacial score (nSPS) is 14.1. The molecule has 0 bridgehead atoms. The maximum atomic E-state index is 12.5. The van der Waals surface area contributed by atoms with Gasteiger partial charge in [0.15, 0.2) is 20.7 Å². The molecule has 0 fully saturated rings. The van der Waals surface area contributed by atoms with Crippen molar-refractivity contribution in [1.82, 2.24) is 0 Å². The SMILES string of the molecule is CCC(C)[S+]([O-])c1cc(C)c(C(=O)N=C(N)N)cc1S(C)(=O)=O. The first kappa shape index (κ1) is 19.5. The summed E-state index contributed by atoms with van der Waals surface area (Å²) in [6.07, 6.45) is 1.63. The fraction of sp³-hybridized carbons (Fsp3) is 0.429. The molecule has 0 aliphatic heterocycles. The number of hydrogen-bond donors (Lipinski definition) is 2. The Morgan fingerprint density at radius 3 is 2.39 bits per heavy atom. The second kappa shape index (κ2) is 7.33. The van der Waals surface area contributed by atoms with Gasteiger partial charge in [0.2, 0.25) is 0 Å². The summed E-state index contributed by atoms with van der Waals surface area (Å²) in [6, 6.07) is 2.64. The molecule has 4 N–H and O–H groups in total. The van der Waals surface area contributed by atoms with Gasteiger partial charge < -0.3 is 16.0 Å². The zero-order valence-electron chi connectivity index (χ0n) is 13.5. The summed E-state index contributed by atoms with van der Waals surface area (Å²) < 4.78 is 36.6. The van der Waals surface area contributed by atoms with Crippen LogP contribution in [0.2, 0.25) is 0 Å². The maximum Gasteiger partial charge on any atom is 0.280 e. The average Bonchev–Trinajstić information content (AvgIpc) is 2.43. The number of sulfone groups is 1. The topological polar surface area (TPSA) is 139 Å². The van der Waals surface area contributed by atoms with Gasteiger partial charge in [-0.1, -0.05) is 6.92 Å². The molecule has 0 aromatic heterocycles. The van der Waals surface area contributed by atoms with E-state index in [0.717, 1.165) is 6.26 Å². The molecule has 9 heteroatoms. The van der Waals surface area contributed by atoms with Crippen LogP contribution in [0, 0.1) is 6.92 Å². The van der Waals surface area contributed by atoms with Crippen molar-refractivity contribution >= 4 is 32.9 Å². The number of carbonyl (C=O) groups is 1. The molecule has 7 nitrogen and oxygen atoms in total. The molecule has 0 spiro atoms. The van der Waals surface area contributed by atoms with Crippen LogP contribution in [0.15, 0.2) is 26.9 Å². The lowest BCUT2D eigenvalue weighted by Gasteiger charge is -2.19. The van der Waals surface area contributed by atoms with Crippen molar-refractivity contribution in [3.8, 4) is 0 Å². The fourth-order valence-corrected chi connectivity index (χ4v) is 4.63. The van der Waals surface area contributed by atoms with Gasteiger partial charge in [0.25, 0.3) is 5.91 Å². The highest BCUT2D eigenvalue weighted by Crippen LogP contribution is 2.29. The van der Waals surface area contributed by atoms with E-state index in [9.17, 15) is 17.8 Å². The molecule has 1 aromatic rings. The average molecular weight is 359 g/mol. The van der Waals surface area contributed by atoms with Gasteiger partial charge in [-0.25, -0.2) is 8.42 Å². The number of amides is 1. The molecule has 0 aliphatic carbocycles. The minimum Gasteiger partial charge on any atom is -0.611 e. The molecule has 1 amide bonds. The quantitative estimate of drug-likeness (QED) is 0.451. The Kier molecular flexibility index (Phi) is 6.20. The molecule has 0 heterocycles. The molecular formula is C14H21N3O4S2. The second-order valence-electron chi connectivity index (χ2n) is 5.24. The third kappa shape index (κ3) is 4.69. The van der Waals surface area contributed by atoms with Crippen molar-refractivity contribution in [2.24, 2.45) is 16.5 Å². The van der Waals surface area contributed by atoms with E-state index in [2.05, 4.69) is 4.99 Å². The van der Waals surface area contributed by atoms with Gasteiger partial charge in [-0.05, 0) is 49.1 Å². The summed E-state index contributed by atoms with van der Waals surface area (Å²) in [5.74, 6) is -1.16. The van der Waals surface area contributed by atoms with Crippen LogP contribution in [0.25, 0.3) is 0 Å². The third-order valence-corrected chi connectivity index (χ3v) is 6.41. The predicted molar refractivity (Wildman–Crippen MR) is 90.6 cm³/mol. The van der Waals surface area contributed by atoms with Gasteiger partial charge >= 0.3 is 0 Å². The highest BCUT2D eigenvalue weighted by molar-refractivity contribution is 7.94. The summed E-state index contributed by atoms with van der Waals surface area (Å²) in [5, 5.41) is -0.214. The van der Waals surface area contributed by atoms with Crippen molar-refractivity contribution in [3.63, 3.8) is 0 Å². The molecule has 0 radical (unpaired) electrons. The summed E-state index contributed by atoms with van der Waals surface area (Å²) in [5.41, 5.74) is 10.9. The smallest absolute Gasteiger partial charge is 0.280 e. The van der Waals surface area contributed by atoms with Crippen LogP contribution in [0.1, 0.15) is 36.2 Å². The zero-order chi connectivity index (χ0) is 17.9. The maximum absolute atomic E-state index is 12.5. The summed E-state index contributed by atoms with van der Waals surface area (Å²) in [6.45, 7) is 5.25. The van der Waals surface area contributed by atoms with Crippen LogP contribution in [-0.2, 0) is 21.0 Å². The molecule has 2 atom stereocenters. The first-order chi connectivity index (χ1) is 10.5. The highest BCUT2D eigenvalue weighted by Gasteiger charge is 2.29. The van der Waals surface area contributed by atoms with Gasteiger partial charge in [0, 0.05) is 11.8 Å². The fourth-order valence-electron chi connectivity index (χ4n) is 1.88. The van der Waals surface area contributed by atoms with E-state index in [0.29, 0.717) is 12.0 Å². The Morgan fingerprint density at radius 1 is 1.39 bits per heavy atom. The van der Waals surface area contributed by atoms with Gasteiger partial charge in [-0.15, -0.1) is 0 Å². The molecule has 2 unspecified atom stereocenters. The third-order valence-electron chi connectivity index (χ3n) is 3.31. The van der Waals surface area contributed by atoms with Crippen LogP contribution in [-0.4, -0.2) is 36.3 Å². The molecule has 0 saturated heterocycles. The number of nitrogens with zero attached hydrogens (tertiary/aromatic N) is 1. The predicted octanol–water partition coefficient (Wildman–Crippen LogP) is 0.718. The highest BCUT2D eigenvalue weighted by atomic mass is 32.2. The van der Waals surface area contributed by atoms with Crippen molar-refractivity contribution in [2.45, 2.75) is 42.2 Å². The second-order valence-corrected chi connectivity index (χ2v) is 9.07. The van der Waals surface area contributed by atoms with E-state index in [4.69, 9.17) is 11.5 Å². The number of aryl methyl sites for hydroxylation is 1. The molecule has 0 aliphatic rings. The van der Waals surface area contributed by atoms with Crippen LogP contribution < -0.4 is 11.5 Å². The monoisotopic (exact) mass is 359 g/mol. The lowest BCUT2D eigenvalue weighted by atomic mass is 10.1. The molecule has 128 valence electrons. The van der Waals surface area contributed by atoms with Crippen LogP contribution in [0.5, 0.6) is 0 Å². The minimum absolute atomic E-state index is 0.0590. The van der Waals surface area contributed by atoms with Gasteiger partial charge in [0.05, 0.1) is 0 Å². The number of guanidine groups is 1. The number of carbonyl (C=O) groups excluding carboxylic acids is 1. The number of benzene rings is 1. The zero-order valence-corrected chi connectivity index (χ0v) is 15.1. The molecule has 1 rings (SSSR count). The summed E-state index contributed by atoms with van der Waals surface area (Å²) >= 11 is -1.50. The molecule has 23 heavy (non-hydrogen) atoms. The Balaban J connectivity index is 3.61. The Bertz CT molecular complexity index is 741. The molecular weight excluding hydrogens is 338 g/mol. The van der Waals surface area contributed by atoms with E-state index >= 15 is 0 Å². The number of hydrogen-bond acceptors (Lipinski definition) is 4. The van der Waals surface area contributed by atoms with E-state index in [1.807, 2.05) is 6.92 Å². The van der Waals surface area contributed by atoms with Crippen LogP contribution >= 0.6 is 0 Å². The summed E-state index contributed by atoms with van der Waals surface area (Å²) in [7, 11) is -3.68. The largest absolute Gasteiger partial charge is 0.611 e. The Hall–Kier alpha value is -1.58. The van der Waals surface area contributed by atoms with Crippen molar-refractivity contribution in [2.75, 3.05) is 6.26 Å². The van der Waals surface area contributed by atoms with Gasteiger partial charge in [-0.3, -0.25) is 4.79 Å². The molecule has 0 saturated carbocycles. The Labute approximate surface area is 139 Å². The Morgan fingerprint density at radius 2 is 1.96 bits per heavy atom. The minimum atomic E-state index is -3.68. The summed E-state index contributed by atoms with van der Waals surface area (Å²) in [4.78, 5) is 15.5. The number of nitrogens with two attached hydrogens (primary N) is 2. The van der Waals surface area contributed by atoms with Gasteiger partial charge in [-0.2, -0.15) is 4.99 Å². The van der Waals surface area contributed by atoms with E-state index < -0.39 is 32.9 Å². The standard InChI is InChI=1S/C14H21N3O4S2/c1-5-9(3)22(19)11-6-8(2)10(13(18)17-14(15)16)7-12(11)23(4,20)21/h6-7,9H,5H2,1-4H3,(H4,15,16,17,18). The number of aliphatic imine (C=N–C) groups is 1. The van der Waals surface area contributed by atoms with Crippen molar-refractivity contribution < 1.29 is 17.8 Å². The van der Waals surface area contributed by atoms with Crippen LogP contribution in [0.4, 0.5) is 0 Å². The lowest BCUT2D eigenvalue weighted by molar-refractivity contribution is 0.100. The van der Waals surface area contributed by atoms with Crippen molar-refractivity contribution in [1.29, 1.82) is 0 Å². The van der Waals surface area contributed by atoms with Gasteiger partial charge in [0.1, 0.15) is 10.1 Å². The number of rotatable bonds is 5. The van der Waals surface area contributed by atoms with E-state index in [1.165, 1.54) is 12.1 Å². The molecule has 1 aromatic carbocycles. The van der Waals surface area contributed by atoms with E-state index in [-0.39, 0.29) is 20.6 Å². The first-order valence-corrected chi connectivity index (χ1v) is 9.98. The van der Waals surface area contributed by atoms with E-state index in [1.54, 1.807) is 13.8 Å². The van der Waals surface area contributed by atoms with Crippen molar-refractivity contribution in [3.05, 3.63) is 23.3 Å². The van der Waals surface area contributed by atoms with Crippen LogP contribution in [0.3, 0.4) is 0 Å². The first-order valence-electron chi connectivity index (χ1n) is 6.88. The lowest BCUT2D eigenvalue weighted by Crippen LogP contribution is -2.24.